The van der Waals surface area contributed by atoms with E-state index in [9.17, 15) is 9.18 Å². The molecule has 2 aromatic rings. The van der Waals surface area contributed by atoms with Crippen molar-refractivity contribution in [2.24, 2.45) is 16.6 Å². The summed E-state index contributed by atoms with van der Waals surface area (Å²) in [4.78, 5) is 23.4. The van der Waals surface area contributed by atoms with E-state index in [2.05, 4.69) is 27.2 Å². The van der Waals surface area contributed by atoms with Crippen LogP contribution in [0.4, 0.5) is 10.1 Å². The van der Waals surface area contributed by atoms with Crippen LogP contribution in [0.1, 0.15) is 40.7 Å². The smallest absolute Gasteiger partial charge is 0.254 e. The number of aryl methyl sites for hydroxylation is 1. The zero-order valence-electron chi connectivity index (χ0n) is 19.1. The molecule has 1 saturated carbocycles. The van der Waals surface area contributed by atoms with Gasteiger partial charge in [-0.15, -0.1) is 0 Å². The number of pyridine rings is 1. The highest BCUT2D eigenvalue weighted by atomic mass is 19.1. The summed E-state index contributed by atoms with van der Waals surface area (Å²) in [5, 5.41) is 2.83. The standard InChI is InChI=1S/C25H30FN5O2/c1-16-7-24(26)23(25(32)30-19-3-4-19)9-22(16)18(10-27)11-29-20-8-21(13-28-12-20)33-15-17-5-6-31(2)14-17/h7-13,17,19H,3-6,14-15,27H2,1-2H3,(H,30,32)/t17-/m0/s1. The molecule has 1 saturated heterocycles. The summed E-state index contributed by atoms with van der Waals surface area (Å²) in [6, 6.07) is 4.85. The molecule has 174 valence electrons. The lowest BCUT2D eigenvalue weighted by Gasteiger charge is -2.12. The topological polar surface area (TPSA) is 92.8 Å². The van der Waals surface area contributed by atoms with Crippen LogP contribution in [-0.2, 0) is 0 Å². The van der Waals surface area contributed by atoms with Crippen molar-refractivity contribution in [3.05, 3.63) is 59.3 Å². The number of rotatable bonds is 8. The van der Waals surface area contributed by atoms with Gasteiger partial charge in [-0.2, -0.15) is 0 Å². The number of carbonyl (C=O) groups excluding carboxylic acids is 1. The summed E-state index contributed by atoms with van der Waals surface area (Å²) in [7, 11) is 2.12. The number of nitrogens with two attached hydrogens (primary N) is 1. The number of aromatic nitrogens is 1. The number of likely N-dealkylation sites (tertiary alicyclic amines) is 1. The van der Waals surface area contributed by atoms with Gasteiger partial charge in [0.1, 0.15) is 11.6 Å². The molecule has 7 nitrogen and oxygen atoms in total. The molecular weight excluding hydrogens is 421 g/mol. The van der Waals surface area contributed by atoms with Crippen molar-refractivity contribution < 1.29 is 13.9 Å². The SMILES string of the molecule is Cc1cc(F)c(C(=O)NC2CC2)cc1C(C=Nc1cncc(OC[C@H]2CCN(C)C2)c1)=CN. The molecule has 33 heavy (non-hydrogen) atoms. The van der Waals surface area contributed by atoms with E-state index in [0.717, 1.165) is 32.4 Å². The van der Waals surface area contributed by atoms with Crippen LogP contribution in [0.2, 0.25) is 0 Å². The number of halogens is 1. The number of nitrogens with one attached hydrogen (secondary N) is 1. The van der Waals surface area contributed by atoms with Gasteiger partial charge in [0.25, 0.3) is 5.91 Å². The van der Waals surface area contributed by atoms with Crippen LogP contribution in [-0.4, -0.2) is 54.8 Å². The molecule has 1 aliphatic heterocycles. The molecule has 0 spiro atoms. The molecule has 1 aliphatic carbocycles. The maximum Gasteiger partial charge on any atom is 0.254 e. The van der Waals surface area contributed by atoms with Crippen LogP contribution in [0.15, 0.2) is 41.8 Å². The Hall–Kier alpha value is -3.26. The number of carbonyl (C=O) groups is 1. The average Bonchev–Trinajstić information content (AvgIpc) is 3.51. The summed E-state index contributed by atoms with van der Waals surface area (Å²) < 4.78 is 20.4. The Morgan fingerprint density at radius 2 is 2.12 bits per heavy atom. The Kier molecular flexibility index (Phi) is 7.03. The van der Waals surface area contributed by atoms with Crippen molar-refractivity contribution >= 4 is 23.4 Å². The zero-order chi connectivity index (χ0) is 23.4. The minimum Gasteiger partial charge on any atom is -0.492 e. The number of nitrogens with zero attached hydrogens (tertiary/aromatic N) is 3. The molecular formula is C25H30FN5O2. The molecule has 0 unspecified atom stereocenters. The highest BCUT2D eigenvalue weighted by molar-refractivity contribution is 6.11. The van der Waals surface area contributed by atoms with Gasteiger partial charge in [-0.05, 0) is 63.0 Å². The van der Waals surface area contributed by atoms with Crippen molar-refractivity contribution in [1.82, 2.24) is 15.2 Å². The molecule has 1 aromatic carbocycles. The third kappa shape index (κ3) is 5.96. The molecule has 1 aromatic heterocycles. The normalized spacial score (nSPS) is 19.2. The Balaban J connectivity index is 1.47. The van der Waals surface area contributed by atoms with Crippen LogP contribution in [0.25, 0.3) is 5.57 Å². The van der Waals surface area contributed by atoms with E-state index in [1.54, 1.807) is 25.5 Å². The monoisotopic (exact) mass is 451 g/mol. The van der Waals surface area contributed by atoms with E-state index >= 15 is 0 Å². The molecule has 2 aliphatic rings. The first kappa shape index (κ1) is 22.9. The minimum absolute atomic E-state index is 0.00451. The van der Waals surface area contributed by atoms with Gasteiger partial charge in [0.05, 0.1) is 30.3 Å². The van der Waals surface area contributed by atoms with Gasteiger partial charge >= 0.3 is 0 Å². The maximum absolute atomic E-state index is 14.5. The molecule has 0 bridgehead atoms. The van der Waals surface area contributed by atoms with Crippen LogP contribution < -0.4 is 15.8 Å². The van der Waals surface area contributed by atoms with Gasteiger partial charge in [-0.25, -0.2) is 4.39 Å². The zero-order valence-corrected chi connectivity index (χ0v) is 19.1. The second kappa shape index (κ2) is 10.1. The second-order valence-corrected chi connectivity index (χ2v) is 8.88. The van der Waals surface area contributed by atoms with E-state index in [1.807, 2.05) is 6.07 Å². The Morgan fingerprint density at radius 1 is 1.30 bits per heavy atom. The first-order valence-corrected chi connectivity index (χ1v) is 11.3. The largest absolute Gasteiger partial charge is 0.492 e. The Labute approximate surface area is 193 Å². The fourth-order valence-electron chi connectivity index (χ4n) is 3.93. The van der Waals surface area contributed by atoms with Crippen LogP contribution in [0, 0.1) is 18.7 Å². The van der Waals surface area contributed by atoms with E-state index in [0.29, 0.717) is 40.7 Å². The summed E-state index contributed by atoms with van der Waals surface area (Å²) in [5.74, 6) is 0.216. The highest BCUT2D eigenvalue weighted by Gasteiger charge is 2.25. The average molecular weight is 452 g/mol. The number of ether oxygens (including phenoxy) is 1. The third-order valence-corrected chi connectivity index (χ3v) is 5.99. The lowest BCUT2D eigenvalue weighted by molar-refractivity contribution is 0.0947. The number of hydrogen-bond donors (Lipinski definition) is 2. The molecule has 2 fully saturated rings. The fraction of sp³-hybridized carbons (Fsp3) is 0.400. The predicted octanol–water partition coefficient (Wildman–Crippen LogP) is 3.45. The van der Waals surface area contributed by atoms with Gasteiger partial charge in [0.15, 0.2) is 0 Å². The van der Waals surface area contributed by atoms with E-state index in [1.165, 1.54) is 18.3 Å². The first-order chi connectivity index (χ1) is 15.9. The van der Waals surface area contributed by atoms with Crippen LogP contribution >= 0.6 is 0 Å². The van der Waals surface area contributed by atoms with Crippen molar-refractivity contribution in [2.75, 3.05) is 26.7 Å². The van der Waals surface area contributed by atoms with E-state index < -0.39 is 11.7 Å². The molecule has 8 heteroatoms. The van der Waals surface area contributed by atoms with Crippen LogP contribution in [0.5, 0.6) is 5.75 Å². The summed E-state index contributed by atoms with van der Waals surface area (Å²) in [5.41, 5.74) is 8.36. The number of allylic oxidation sites excluding steroid dienone is 1. The number of amides is 1. The number of aliphatic imine (C=N–C) groups is 1. The van der Waals surface area contributed by atoms with Crippen LogP contribution in [0.3, 0.4) is 0 Å². The molecule has 0 radical (unpaired) electrons. The van der Waals surface area contributed by atoms with Gasteiger partial charge in [0.2, 0.25) is 0 Å². The van der Waals surface area contributed by atoms with Crippen molar-refractivity contribution in [1.29, 1.82) is 0 Å². The van der Waals surface area contributed by atoms with Gasteiger partial charge in [-0.1, -0.05) is 0 Å². The predicted molar refractivity (Wildman–Crippen MR) is 127 cm³/mol. The minimum atomic E-state index is -0.551. The molecule has 4 rings (SSSR count). The lowest BCUT2D eigenvalue weighted by atomic mass is 9.98. The van der Waals surface area contributed by atoms with Crippen molar-refractivity contribution in [2.45, 2.75) is 32.2 Å². The Morgan fingerprint density at radius 3 is 2.82 bits per heavy atom. The van der Waals surface area contributed by atoms with Crippen molar-refractivity contribution in [3.63, 3.8) is 0 Å². The number of hydrogen-bond acceptors (Lipinski definition) is 6. The summed E-state index contributed by atoms with van der Waals surface area (Å²) in [6.07, 6.45) is 9.29. The van der Waals surface area contributed by atoms with E-state index in [-0.39, 0.29) is 11.6 Å². The quantitative estimate of drug-likeness (QED) is 0.600. The molecule has 2 heterocycles. The highest BCUT2D eigenvalue weighted by Crippen LogP contribution is 2.25. The van der Waals surface area contributed by atoms with Gasteiger partial charge in [-0.3, -0.25) is 14.8 Å². The second-order valence-electron chi connectivity index (χ2n) is 8.88. The summed E-state index contributed by atoms with van der Waals surface area (Å²) in [6.45, 7) is 4.55. The summed E-state index contributed by atoms with van der Waals surface area (Å²) >= 11 is 0. The molecule has 1 atom stereocenters. The van der Waals surface area contributed by atoms with Crippen molar-refractivity contribution in [3.8, 4) is 5.75 Å². The maximum atomic E-state index is 14.5. The van der Waals surface area contributed by atoms with Gasteiger partial charge < -0.3 is 20.7 Å². The Bertz CT molecular complexity index is 1080. The molecule has 1 amide bonds. The lowest BCUT2D eigenvalue weighted by Crippen LogP contribution is -2.26. The third-order valence-electron chi connectivity index (χ3n) is 5.99. The first-order valence-electron chi connectivity index (χ1n) is 11.3. The fourth-order valence-corrected chi connectivity index (χ4v) is 3.93. The van der Waals surface area contributed by atoms with Gasteiger partial charge in [0, 0.05) is 42.6 Å². The number of benzene rings is 1. The molecule has 3 N–H and O–H groups in total. The van der Waals surface area contributed by atoms with E-state index in [4.69, 9.17) is 10.5 Å².